The molecule has 0 amide bonds. The number of benzene rings is 1. The van der Waals surface area contributed by atoms with Crippen LogP contribution in [0.4, 0.5) is 0 Å². The topological polar surface area (TPSA) is 109 Å². The van der Waals surface area contributed by atoms with Crippen molar-refractivity contribution < 1.29 is 14.9 Å². The van der Waals surface area contributed by atoms with Crippen molar-refractivity contribution in [2.24, 2.45) is 0 Å². The molecule has 0 radical (unpaired) electrons. The summed E-state index contributed by atoms with van der Waals surface area (Å²) in [6.45, 7) is 1.94. The van der Waals surface area contributed by atoms with Crippen molar-refractivity contribution in [2.75, 3.05) is 0 Å². The number of H-pyrrole nitrogens is 1. The molecule has 33 heavy (non-hydrogen) atoms. The predicted molar refractivity (Wildman–Crippen MR) is 123 cm³/mol. The lowest BCUT2D eigenvalue weighted by Gasteiger charge is -2.25. The average molecular weight is 446 g/mol. The molecule has 8 heteroatoms. The molecule has 1 fully saturated rings. The van der Waals surface area contributed by atoms with Crippen LogP contribution in [0.15, 0.2) is 43.1 Å². The van der Waals surface area contributed by atoms with Gasteiger partial charge in [0.05, 0.1) is 17.9 Å². The molecule has 0 spiro atoms. The summed E-state index contributed by atoms with van der Waals surface area (Å²) >= 11 is 0. The van der Waals surface area contributed by atoms with Crippen LogP contribution in [0.2, 0.25) is 0 Å². The fourth-order valence-electron chi connectivity index (χ4n) is 5.40. The van der Waals surface area contributed by atoms with Crippen molar-refractivity contribution >= 4 is 11.0 Å². The number of fused-ring (bicyclic) bond motifs is 2. The van der Waals surface area contributed by atoms with Gasteiger partial charge < -0.3 is 19.5 Å². The summed E-state index contributed by atoms with van der Waals surface area (Å²) in [5, 5.41) is 29.8. The van der Waals surface area contributed by atoms with Gasteiger partial charge in [0.15, 0.2) is 0 Å². The highest BCUT2D eigenvalue weighted by Crippen LogP contribution is 2.40. The summed E-state index contributed by atoms with van der Waals surface area (Å²) in [5.74, 6) is 0.802. The summed E-state index contributed by atoms with van der Waals surface area (Å²) in [4.78, 5) is 8.68. The number of ether oxygens (including phenoxy) is 1. The van der Waals surface area contributed by atoms with E-state index >= 15 is 0 Å². The first-order chi connectivity index (χ1) is 16.1. The summed E-state index contributed by atoms with van der Waals surface area (Å²) in [6.07, 6.45) is 9.42. The Labute approximate surface area is 191 Å². The van der Waals surface area contributed by atoms with Crippen molar-refractivity contribution in [1.82, 2.24) is 24.7 Å². The first kappa shape index (κ1) is 20.4. The number of hydrogen-bond acceptors (Lipinski definition) is 6. The molecule has 0 saturated heterocycles. The highest BCUT2D eigenvalue weighted by Gasteiger charge is 2.44. The van der Waals surface area contributed by atoms with Gasteiger partial charge in [-0.3, -0.25) is 5.10 Å². The lowest BCUT2D eigenvalue weighted by molar-refractivity contribution is -0.0166. The summed E-state index contributed by atoms with van der Waals surface area (Å²) in [7, 11) is 0. The number of rotatable bonds is 4. The predicted octanol–water partition coefficient (Wildman–Crippen LogP) is 3.12. The van der Waals surface area contributed by atoms with Crippen LogP contribution in [0.25, 0.3) is 22.2 Å². The van der Waals surface area contributed by atoms with Crippen LogP contribution in [0.5, 0.6) is 5.75 Å². The third-order valence-electron chi connectivity index (χ3n) is 7.20. The minimum Gasteiger partial charge on any atom is -0.487 e. The minimum absolute atomic E-state index is 0.329. The van der Waals surface area contributed by atoms with E-state index in [-0.39, 0.29) is 6.04 Å². The molecule has 2 aliphatic rings. The van der Waals surface area contributed by atoms with Gasteiger partial charge in [0, 0.05) is 29.8 Å². The van der Waals surface area contributed by atoms with Gasteiger partial charge in [0.2, 0.25) is 0 Å². The number of aryl methyl sites for hydroxylation is 2. The third-order valence-corrected chi connectivity index (χ3v) is 7.20. The average Bonchev–Trinajstić information content (AvgIpc) is 3.56. The maximum Gasteiger partial charge on any atom is 0.143 e. The zero-order valence-corrected chi connectivity index (χ0v) is 18.5. The number of nitrogens with one attached hydrogen (secondary N) is 1. The van der Waals surface area contributed by atoms with Gasteiger partial charge in [-0.05, 0) is 61.4 Å². The Morgan fingerprint density at radius 2 is 1.97 bits per heavy atom. The Kier molecular flexibility index (Phi) is 4.92. The molecule has 3 heterocycles. The van der Waals surface area contributed by atoms with Crippen LogP contribution in [0.3, 0.4) is 0 Å². The van der Waals surface area contributed by atoms with Crippen LogP contribution >= 0.6 is 0 Å². The van der Waals surface area contributed by atoms with E-state index in [9.17, 15) is 10.2 Å². The number of hydrogen-bond donors (Lipinski definition) is 3. The molecule has 0 unspecified atom stereocenters. The second-order valence-electron chi connectivity index (χ2n) is 9.17. The van der Waals surface area contributed by atoms with E-state index in [4.69, 9.17) is 4.74 Å². The fraction of sp³-hybridized carbons (Fsp3) is 0.400. The maximum absolute atomic E-state index is 10.9. The maximum atomic E-state index is 10.9. The van der Waals surface area contributed by atoms with E-state index in [1.54, 1.807) is 6.20 Å². The van der Waals surface area contributed by atoms with Crippen molar-refractivity contribution in [2.45, 2.75) is 63.4 Å². The van der Waals surface area contributed by atoms with Gasteiger partial charge in [-0.25, -0.2) is 9.97 Å². The first-order valence-corrected chi connectivity index (χ1v) is 11.6. The minimum atomic E-state index is -0.993. The second-order valence-corrected chi connectivity index (χ2v) is 9.17. The zero-order chi connectivity index (χ0) is 22.5. The largest absolute Gasteiger partial charge is 0.487 e. The van der Waals surface area contributed by atoms with Gasteiger partial charge in [-0.1, -0.05) is 6.07 Å². The smallest absolute Gasteiger partial charge is 0.143 e. The Bertz CT molecular complexity index is 1300. The van der Waals surface area contributed by atoms with E-state index in [1.165, 1.54) is 17.5 Å². The molecule has 4 aromatic rings. The molecule has 6 rings (SSSR count). The Morgan fingerprint density at radius 3 is 2.82 bits per heavy atom. The van der Waals surface area contributed by atoms with Gasteiger partial charge in [0.25, 0.3) is 0 Å². The number of aromatic amines is 1. The highest BCUT2D eigenvalue weighted by atomic mass is 16.5. The molecule has 1 aromatic carbocycles. The molecule has 170 valence electrons. The van der Waals surface area contributed by atoms with Crippen LogP contribution in [0.1, 0.15) is 42.1 Å². The van der Waals surface area contributed by atoms with Crippen molar-refractivity contribution in [3.63, 3.8) is 0 Å². The molecule has 4 atom stereocenters. The Balaban J connectivity index is 1.33. The number of aliphatic hydroxyl groups excluding tert-OH is 2. The Hall–Kier alpha value is -3.23. The van der Waals surface area contributed by atoms with Gasteiger partial charge in [-0.15, -0.1) is 0 Å². The van der Waals surface area contributed by atoms with Crippen LogP contribution in [-0.2, 0) is 12.8 Å². The lowest BCUT2D eigenvalue weighted by Crippen LogP contribution is -2.34. The third kappa shape index (κ3) is 3.41. The molecule has 2 aliphatic carbocycles. The number of nitrogens with zero attached hydrogens (tertiary/aromatic N) is 4. The van der Waals surface area contributed by atoms with E-state index in [0.717, 1.165) is 59.3 Å². The van der Waals surface area contributed by atoms with E-state index < -0.39 is 18.3 Å². The van der Waals surface area contributed by atoms with E-state index in [1.807, 2.05) is 36.0 Å². The molecular weight excluding hydrogens is 418 g/mol. The highest BCUT2D eigenvalue weighted by molar-refractivity contribution is 5.78. The monoisotopic (exact) mass is 445 g/mol. The van der Waals surface area contributed by atoms with Crippen LogP contribution < -0.4 is 4.74 Å². The molecular formula is C25H27N5O3. The summed E-state index contributed by atoms with van der Waals surface area (Å²) in [5.41, 5.74) is 6.22. The molecule has 3 N–H and O–H groups in total. The molecule has 1 saturated carbocycles. The van der Waals surface area contributed by atoms with Crippen LogP contribution in [0, 0.1) is 6.92 Å². The lowest BCUT2D eigenvalue weighted by atomic mass is 9.88. The number of aliphatic hydroxyl groups is 2. The molecule has 0 aliphatic heterocycles. The molecule has 3 aromatic heterocycles. The van der Waals surface area contributed by atoms with Gasteiger partial charge in [0.1, 0.15) is 36.0 Å². The molecule has 0 bridgehead atoms. The van der Waals surface area contributed by atoms with E-state index in [2.05, 4.69) is 26.2 Å². The van der Waals surface area contributed by atoms with E-state index in [0.29, 0.717) is 6.42 Å². The summed E-state index contributed by atoms with van der Waals surface area (Å²) in [6, 6.07) is 5.90. The first-order valence-electron chi connectivity index (χ1n) is 11.6. The fourth-order valence-corrected chi connectivity index (χ4v) is 5.40. The van der Waals surface area contributed by atoms with Crippen molar-refractivity contribution in [3.8, 4) is 16.9 Å². The van der Waals surface area contributed by atoms with Gasteiger partial charge >= 0.3 is 0 Å². The standard InChI is InChI=1S/C25H27N5O3/c1-14-18-6-7-30(25(18)27-13-26-14)20-10-22(24(32)23(20)31)33-21-9-16(17-11-28-29-12-17)8-15-4-2-3-5-19(15)21/h6-9,11-13,20,22-24,31-32H,2-5,10H2,1H3,(H,28,29)/t20-,22+,23+,24-/m1/s1. The molecule has 8 nitrogen and oxygen atoms in total. The van der Waals surface area contributed by atoms with Crippen LogP contribution in [-0.4, -0.2) is 53.3 Å². The quantitative estimate of drug-likeness (QED) is 0.445. The zero-order valence-electron chi connectivity index (χ0n) is 18.5. The second kappa shape index (κ2) is 7.97. The normalized spacial score (nSPS) is 24.8. The summed E-state index contributed by atoms with van der Waals surface area (Å²) < 4.78 is 8.42. The van der Waals surface area contributed by atoms with Crippen molar-refractivity contribution in [3.05, 3.63) is 59.9 Å². The number of aromatic nitrogens is 5. The SMILES string of the molecule is Cc1ncnc2c1ccn2[C@@H]1C[C@H](Oc2cc(-c3cn[nH]c3)cc3c2CCCC3)[C@@H](O)[C@H]1O. The van der Waals surface area contributed by atoms with Crippen molar-refractivity contribution in [1.29, 1.82) is 0 Å². The van der Waals surface area contributed by atoms with Gasteiger partial charge in [-0.2, -0.15) is 5.10 Å². The Morgan fingerprint density at radius 1 is 1.09 bits per heavy atom.